The number of hydrogen-bond donors (Lipinski definition) is 1. The lowest BCUT2D eigenvalue weighted by atomic mass is 9.90. The molecular weight excluding hydrogens is 490 g/mol. The van der Waals surface area contributed by atoms with Gasteiger partial charge < -0.3 is 5.32 Å². The van der Waals surface area contributed by atoms with Gasteiger partial charge in [0.15, 0.2) is 17.5 Å². The maximum absolute atomic E-state index is 14.1. The molecule has 2 atom stereocenters. The molecule has 0 saturated heterocycles. The second kappa shape index (κ2) is 8.70. The average molecular weight is 516 g/mol. The molecule has 3 heterocycles. The largest absolute Gasteiger partial charge is 0.371 e. The molecule has 0 unspecified atom stereocenters. The molecule has 37 heavy (non-hydrogen) atoms. The van der Waals surface area contributed by atoms with E-state index in [0.717, 1.165) is 30.9 Å². The van der Waals surface area contributed by atoms with Crippen LogP contribution in [0.1, 0.15) is 55.1 Å². The van der Waals surface area contributed by atoms with Gasteiger partial charge in [-0.05, 0) is 37.3 Å². The van der Waals surface area contributed by atoms with E-state index in [2.05, 4.69) is 20.5 Å². The van der Waals surface area contributed by atoms with Gasteiger partial charge in [-0.2, -0.15) is 5.10 Å². The number of carbonyl (C=O) groups excluding carboxylic acids is 1. The first-order valence-electron chi connectivity index (χ1n) is 12.3. The normalized spacial score (nSPS) is 22.4. The van der Waals surface area contributed by atoms with Gasteiger partial charge in [0.25, 0.3) is 5.92 Å². The Morgan fingerprint density at radius 2 is 2.00 bits per heavy atom. The molecule has 3 aromatic rings. The summed E-state index contributed by atoms with van der Waals surface area (Å²) >= 11 is 0. The fourth-order valence-electron chi connectivity index (χ4n) is 4.85. The minimum Gasteiger partial charge on any atom is -0.371 e. The molecule has 1 N–H and O–H groups in total. The number of fused-ring (bicyclic) bond motifs is 1. The van der Waals surface area contributed by atoms with Gasteiger partial charge in [0.1, 0.15) is 18.2 Å². The standard InChI is InChI=1S/C25H25F4N7O/c1-34-20-10-19(16-11-25(16,28)29)32-36(20)9-8-18(24(34)37)31-22(14-4-2-5-14)23-30-13-35(33-23)12-15-6-3-7-17(26)21(15)27/h3,6-7,10,13,16,18,31H,2,4-5,8-9,11-12H2,1H3/t16-,18-/m0/s1. The number of hydrogen-bond acceptors (Lipinski definition) is 5. The number of allylic oxidation sites excluding steroid dienone is 1. The van der Waals surface area contributed by atoms with Crippen LogP contribution in [0.5, 0.6) is 0 Å². The summed E-state index contributed by atoms with van der Waals surface area (Å²) in [6.07, 6.45) is 4.32. The Morgan fingerprint density at radius 1 is 1.22 bits per heavy atom. The topological polar surface area (TPSA) is 80.9 Å². The lowest BCUT2D eigenvalue weighted by molar-refractivity contribution is -0.120. The average Bonchev–Trinajstić information content (AvgIpc) is 3.16. The molecule has 2 aromatic heterocycles. The highest BCUT2D eigenvalue weighted by Crippen LogP contribution is 2.55. The molecule has 2 aliphatic carbocycles. The SMILES string of the molecule is CN1C(=O)[C@@H](NC(=C2CCC2)c2ncn(Cc3cccc(F)c3F)n2)CCn2nc([C@@H]3CC3(F)F)cc21. The summed E-state index contributed by atoms with van der Waals surface area (Å²) in [6.45, 7) is 0.387. The minimum absolute atomic E-state index is 0.00773. The van der Waals surface area contributed by atoms with Crippen LogP contribution in [0.25, 0.3) is 5.70 Å². The molecular formula is C25H25F4N7O. The number of alkyl halides is 2. The third kappa shape index (κ3) is 4.27. The summed E-state index contributed by atoms with van der Waals surface area (Å²) in [7, 11) is 1.61. The Hall–Kier alpha value is -3.70. The molecule has 0 radical (unpaired) electrons. The number of halogens is 4. The first kappa shape index (κ1) is 23.7. The van der Waals surface area contributed by atoms with E-state index in [1.54, 1.807) is 17.8 Å². The third-order valence-corrected chi connectivity index (χ3v) is 7.32. The van der Waals surface area contributed by atoms with Crippen molar-refractivity contribution in [2.24, 2.45) is 0 Å². The Kier molecular flexibility index (Phi) is 5.57. The lowest BCUT2D eigenvalue weighted by Crippen LogP contribution is -2.44. The van der Waals surface area contributed by atoms with E-state index < -0.39 is 29.5 Å². The van der Waals surface area contributed by atoms with Crippen LogP contribution in [0.15, 0.2) is 36.2 Å². The van der Waals surface area contributed by atoms with Crippen LogP contribution in [0.4, 0.5) is 23.4 Å². The van der Waals surface area contributed by atoms with Gasteiger partial charge in [0.2, 0.25) is 5.91 Å². The van der Waals surface area contributed by atoms with E-state index in [0.29, 0.717) is 36.0 Å². The van der Waals surface area contributed by atoms with Crippen molar-refractivity contribution in [1.82, 2.24) is 29.9 Å². The number of amides is 1. The predicted molar refractivity (Wildman–Crippen MR) is 126 cm³/mol. The molecule has 194 valence electrons. The summed E-state index contributed by atoms with van der Waals surface area (Å²) in [5.41, 5.74) is 2.22. The van der Waals surface area contributed by atoms with Crippen molar-refractivity contribution in [2.75, 3.05) is 11.9 Å². The van der Waals surface area contributed by atoms with Gasteiger partial charge in [-0.1, -0.05) is 12.1 Å². The molecule has 8 nitrogen and oxygen atoms in total. The zero-order chi connectivity index (χ0) is 25.9. The Bertz CT molecular complexity index is 1410. The van der Waals surface area contributed by atoms with Crippen molar-refractivity contribution in [3.8, 4) is 0 Å². The molecule has 0 bridgehead atoms. The number of nitrogens with one attached hydrogen (secondary N) is 1. The Balaban J connectivity index is 1.21. The highest BCUT2D eigenvalue weighted by molar-refractivity contribution is 5.97. The lowest BCUT2D eigenvalue weighted by Gasteiger charge is -2.26. The summed E-state index contributed by atoms with van der Waals surface area (Å²) in [5, 5.41) is 12.2. The molecule has 1 amide bonds. The van der Waals surface area contributed by atoms with Crippen molar-refractivity contribution in [3.63, 3.8) is 0 Å². The first-order chi connectivity index (χ1) is 17.7. The number of carbonyl (C=O) groups is 1. The van der Waals surface area contributed by atoms with Crippen LogP contribution < -0.4 is 10.2 Å². The number of likely N-dealkylation sites (N-methyl/N-ethyl adjacent to an activating group) is 1. The van der Waals surface area contributed by atoms with Crippen LogP contribution in [-0.4, -0.2) is 49.5 Å². The molecule has 1 aromatic carbocycles. The number of aromatic nitrogens is 5. The fourth-order valence-corrected chi connectivity index (χ4v) is 4.85. The monoisotopic (exact) mass is 515 g/mol. The number of aryl methyl sites for hydroxylation is 1. The minimum atomic E-state index is -2.73. The van der Waals surface area contributed by atoms with E-state index in [-0.39, 0.29) is 24.4 Å². The zero-order valence-corrected chi connectivity index (χ0v) is 20.1. The van der Waals surface area contributed by atoms with Gasteiger partial charge in [-0.3, -0.25) is 9.69 Å². The van der Waals surface area contributed by atoms with Crippen molar-refractivity contribution >= 4 is 17.4 Å². The first-order valence-corrected chi connectivity index (χ1v) is 12.3. The van der Waals surface area contributed by atoms with Crippen LogP contribution in [0.3, 0.4) is 0 Å². The second-order valence-electron chi connectivity index (χ2n) is 9.86. The van der Waals surface area contributed by atoms with Crippen LogP contribution in [0.2, 0.25) is 0 Å². The van der Waals surface area contributed by atoms with Gasteiger partial charge in [0.05, 0.1) is 23.9 Å². The number of anilines is 1. The maximum atomic E-state index is 14.1. The molecule has 1 aliphatic heterocycles. The molecule has 3 aliphatic rings. The highest BCUT2D eigenvalue weighted by atomic mass is 19.3. The maximum Gasteiger partial charge on any atom is 0.257 e. The fraction of sp³-hybridized carbons (Fsp3) is 0.440. The Labute approximate surface area is 210 Å². The van der Waals surface area contributed by atoms with E-state index in [1.807, 2.05) is 0 Å². The van der Waals surface area contributed by atoms with Crippen molar-refractivity contribution in [3.05, 3.63) is 64.9 Å². The van der Waals surface area contributed by atoms with Gasteiger partial charge in [-0.25, -0.2) is 31.9 Å². The highest BCUT2D eigenvalue weighted by Gasteiger charge is 2.59. The Morgan fingerprint density at radius 3 is 2.70 bits per heavy atom. The van der Waals surface area contributed by atoms with Gasteiger partial charge in [0, 0.05) is 31.6 Å². The van der Waals surface area contributed by atoms with Crippen LogP contribution in [-0.2, 0) is 17.9 Å². The van der Waals surface area contributed by atoms with E-state index in [1.165, 1.54) is 28.0 Å². The van der Waals surface area contributed by atoms with Crippen molar-refractivity contribution in [2.45, 2.75) is 63.1 Å². The van der Waals surface area contributed by atoms with E-state index in [4.69, 9.17) is 0 Å². The second-order valence-corrected chi connectivity index (χ2v) is 9.86. The van der Waals surface area contributed by atoms with Gasteiger partial charge in [-0.15, -0.1) is 5.10 Å². The van der Waals surface area contributed by atoms with Crippen molar-refractivity contribution in [1.29, 1.82) is 0 Å². The van der Waals surface area contributed by atoms with Gasteiger partial charge >= 0.3 is 0 Å². The molecule has 0 spiro atoms. The van der Waals surface area contributed by atoms with Crippen molar-refractivity contribution < 1.29 is 22.4 Å². The predicted octanol–water partition coefficient (Wildman–Crippen LogP) is 3.84. The van der Waals surface area contributed by atoms with Crippen LogP contribution >= 0.6 is 0 Å². The summed E-state index contributed by atoms with van der Waals surface area (Å²) in [5.74, 6) is -4.81. The molecule has 12 heteroatoms. The summed E-state index contributed by atoms with van der Waals surface area (Å²) in [6, 6.07) is 4.96. The molecule has 2 fully saturated rings. The van der Waals surface area contributed by atoms with E-state index in [9.17, 15) is 22.4 Å². The number of nitrogens with zero attached hydrogens (tertiary/aromatic N) is 6. The van der Waals surface area contributed by atoms with Crippen LogP contribution in [0, 0.1) is 11.6 Å². The van der Waals surface area contributed by atoms with E-state index >= 15 is 0 Å². The smallest absolute Gasteiger partial charge is 0.257 e. The molecule has 2 saturated carbocycles. The summed E-state index contributed by atoms with van der Waals surface area (Å²) < 4.78 is 57.9. The number of rotatable bonds is 6. The zero-order valence-electron chi connectivity index (χ0n) is 20.1. The number of benzene rings is 1. The summed E-state index contributed by atoms with van der Waals surface area (Å²) in [4.78, 5) is 19.2. The quantitative estimate of drug-likeness (QED) is 0.505. The molecule has 6 rings (SSSR count). The third-order valence-electron chi connectivity index (χ3n) is 7.32.